The normalized spacial score (nSPS) is 21.8. The average molecular weight is 277 g/mol. The summed E-state index contributed by atoms with van der Waals surface area (Å²) in [7, 11) is 0. The molecule has 0 amide bonds. The highest BCUT2D eigenvalue weighted by Gasteiger charge is 2.31. The van der Waals surface area contributed by atoms with Gasteiger partial charge in [-0.2, -0.15) is 0 Å². The molecule has 2 atom stereocenters. The molecular weight excluding hydrogens is 257 g/mol. The average Bonchev–Trinajstić information content (AvgIpc) is 2.47. The van der Waals surface area contributed by atoms with Crippen LogP contribution in [0.4, 0.5) is 4.39 Å². The maximum Gasteiger partial charge on any atom is 0.179 e. The molecule has 1 aromatic carbocycles. The third-order valence-corrected chi connectivity index (χ3v) is 4.10. The summed E-state index contributed by atoms with van der Waals surface area (Å²) in [5, 5.41) is 0. The van der Waals surface area contributed by atoms with Crippen LogP contribution in [0.2, 0.25) is 0 Å². The molecule has 1 aromatic rings. The van der Waals surface area contributed by atoms with E-state index in [2.05, 4.69) is 4.90 Å². The van der Waals surface area contributed by atoms with Gasteiger partial charge in [0.2, 0.25) is 0 Å². The zero-order chi connectivity index (χ0) is 14.7. The second-order valence-electron chi connectivity index (χ2n) is 5.36. The maximum absolute atomic E-state index is 12.9. The minimum absolute atomic E-state index is 0.0193. The number of likely N-dealkylation sites (tertiary alicyclic amines) is 1. The van der Waals surface area contributed by atoms with E-state index in [0.29, 0.717) is 30.9 Å². The molecule has 2 unspecified atom stereocenters. The molecular formula is C16H20FNO2. The van der Waals surface area contributed by atoms with Gasteiger partial charge in [0.1, 0.15) is 11.6 Å². The fourth-order valence-electron chi connectivity index (χ4n) is 2.66. The molecule has 1 heterocycles. The van der Waals surface area contributed by atoms with Gasteiger partial charge in [0, 0.05) is 31.0 Å². The van der Waals surface area contributed by atoms with Gasteiger partial charge >= 0.3 is 0 Å². The Morgan fingerprint density at radius 1 is 1.40 bits per heavy atom. The minimum Gasteiger partial charge on any atom is -0.299 e. The largest absolute Gasteiger partial charge is 0.299 e. The quantitative estimate of drug-likeness (QED) is 0.794. The molecule has 1 aliphatic heterocycles. The lowest BCUT2D eigenvalue weighted by Gasteiger charge is -2.35. The summed E-state index contributed by atoms with van der Waals surface area (Å²) in [5.41, 5.74) is 0.517. The molecule has 1 fully saturated rings. The second-order valence-corrected chi connectivity index (χ2v) is 5.36. The third-order valence-electron chi connectivity index (χ3n) is 4.10. The zero-order valence-electron chi connectivity index (χ0n) is 11.9. The molecule has 0 bridgehead atoms. The van der Waals surface area contributed by atoms with E-state index in [4.69, 9.17) is 0 Å². The fraction of sp³-hybridized carbons (Fsp3) is 0.500. The Bertz CT molecular complexity index is 498. The van der Waals surface area contributed by atoms with Crippen LogP contribution in [0, 0.1) is 11.7 Å². The molecule has 0 spiro atoms. The van der Waals surface area contributed by atoms with Crippen LogP contribution in [0.1, 0.15) is 37.0 Å². The highest BCUT2D eigenvalue weighted by molar-refractivity contribution is 6.00. The van der Waals surface area contributed by atoms with Crippen molar-refractivity contribution >= 4 is 11.6 Å². The number of carbonyl (C=O) groups is 2. The molecule has 0 N–H and O–H groups in total. The van der Waals surface area contributed by atoms with Crippen LogP contribution in [-0.2, 0) is 4.79 Å². The Balaban J connectivity index is 2.07. The number of hydrogen-bond acceptors (Lipinski definition) is 3. The fourth-order valence-corrected chi connectivity index (χ4v) is 2.66. The van der Waals surface area contributed by atoms with Crippen molar-refractivity contribution in [3.05, 3.63) is 35.6 Å². The Labute approximate surface area is 118 Å². The summed E-state index contributed by atoms with van der Waals surface area (Å²) in [6, 6.07) is 5.35. The zero-order valence-corrected chi connectivity index (χ0v) is 11.9. The minimum atomic E-state index is -0.344. The first-order chi connectivity index (χ1) is 9.52. The van der Waals surface area contributed by atoms with Crippen molar-refractivity contribution < 1.29 is 14.0 Å². The van der Waals surface area contributed by atoms with E-state index in [1.54, 1.807) is 0 Å². The van der Waals surface area contributed by atoms with Crippen LogP contribution in [0.15, 0.2) is 24.3 Å². The van der Waals surface area contributed by atoms with Crippen molar-refractivity contribution in [1.29, 1.82) is 0 Å². The Morgan fingerprint density at radius 2 is 2.05 bits per heavy atom. The number of piperidine rings is 1. The van der Waals surface area contributed by atoms with E-state index in [1.165, 1.54) is 24.3 Å². The topological polar surface area (TPSA) is 37.4 Å². The van der Waals surface area contributed by atoms with Crippen LogP contribution >= 0.6 is 0 Å². The number of ketones is 2. The van der Waals surface area contributed by atoms with Gasteiger partial charge in [0.15, 0.2) is 5.78 Å². The van der Waals surface area contributed by atoms with Crippen molar-refractivity contribution in [2.24, 2.45) is 5.92 Å². The number of benzene rings is 1. The summed E-state index contributed by atoms with van der Waals surface area (Å²) >= 11 is 0. The summed E-state index contributed by atoms with van der Waals surface area (Å²) in [6.45, 7) is 5.12. The summed E-state index contributed by atoms with van der Waals surface area (Å²) in [5.74, 6) is -0.0320. The lowest BCUT2D eigenvalue weighted by atomic mass is 9.92. The van der Waals surface area contributed by atoms with Crippen molar-refractivity contribution in [2.75, 3.05) is 13.1 Å². The number of rotatable bonds is 4. The van der Waals surface area contributed by atoms with Crippen LogP contribution in [0.25, 0.3) is 0 Å². The molecule has 4 heteroatoms. The standard InChI is InChI=1S/C16H20FNO2/c1-3-12-10-18(9-8-15(12)19)11(2)16(20)13-4-6-14(17)7-5-13/h4-7,11-12H,3,8-10H2,1-2H3. The first-order valence-corrected chi connectivity index (χ1v) is 7.09. The molecule has 0 radical (unpaired) electrons. The highest BCUT2D eigenvalue weighted by Crippen LogP contribution is 2.20. The van der Waals surface area contributed by atoms with Crippen LogP contribution in [-0.4, -0.2) is 35.6 Å². The third kappa shape index (κ3) is 3.12. The van der Waals surface area contributed by atoms with Crippen molar-refractivity contribution in [3.63, 3.8) is 0 Å². The summed E-state index contributed by atoms with van der Waals surface area (Å²) in [4.78, 5) is 26.2. The van der Waals surface area contributed by atoms with E-state index < -0.39 is 0 Å². The Hall–Kier alpha value is -1.55. The highest BCUT2D eigenvalue weighted by atomic mass is 19.1. The first-order valence-electron chi connectivity index (χ1n) is 7.09. The lowest BCUT2D eigenvalue weighted by molar-refractivity contribution is -0.126. The van der Waals surface area contributed by atoms with Gasteiger partial charge in [-0.15, -0.1) is 0 Å². The van der Waals surface area contributed by atoms with E-state index in [-0.39, 0.29) is 23.6 Å². The van der Waals surface area contributed by atoms with Crippen LogP contribution in [0.3, 0.4) is 0 Å². The van der Waals surface area contributed by atoms with E-state index >= 15 is 0 Å². The molecule has 0 aromatic heterocycles. The Morgan fingerprint density at radius 3 is 2.65 bits per heavy atom. The van der Waals surface area contributed by atoms with Gasteiger partial charge < -0.3 is 0 Å². The van der Waals surface area contributed by atoms with Crippen molar-refractivity contribution in [1.82, 2.24) is 4.90 Å². The van der Waals surface area contributed by atoms with Gasteiger partial charge in [0.05, 0.1) is 6.04 Å². The van der Waals surface area contributed by atoms with Crippen molar-refractivity contribution in [2.45, 2.75) is 32.7 Å². The molecule has 20 heavy (non-hydrogen) atoms. The summed E-state index contributed by atoms with van der Waals surface area (Å²) < 4.78 is 12.9. The molecule has 0 aliphatic carbocycles. The maximum atomic E-state index is 12.9. The molecule has 1 aliphatic rings. The SMILES string of the molecule is CCC1CN(C(C)C(=O)c2ccc(F)cc2)CCC1=O. The number of nitrogens with zero attached hydrogens (tertiary/aromatic N) is 1. The van der Waals surface area contributed by atoms with Gasteiger partial charge in [-0.25, -0.2) is 4.39 Å². The predicted octanol–water partition coefficient (Wildman–Crippen LogP) is 2.70. The molecule has 3 nitrogen and oxygen atoms in total. The van der Waals surface area contributed by atoms with Crippen LogP contribution in [0.5, 0.6) is 0 Å². The van der Waals surface area contributed by atoms with E-state index in [0.717, 1.165) is 6.42 Å². The summed E-state index contributed by atoms with van der Waals surface area (Å²) in [6.07, 6.45) is 1.33. The lowest BCUT2D eigenvalue weighted by Crippen LogP contribution is -2.48. The molecule has 0 saturated carbocycles. The van der Waals surface area contributed by atoms with Gasteiger partial charge in [-0.05, 0) is 37.6 Å². The monoisotopic (exact) mass is 277 g/mol. The predicted molar refractivity (Wildman–Crippen MR) is 75.2 cm³/mol. The first kappa shape index (κ1) is 14.9. The van der Waals surface area contributed by atoms with Crippen molar-refractivity contribution in [3.8, 4) is 0 Å². The number of halogens is 1. The number of carbonyl (C=O) groups excluding carboxylic acids is 2. The van der Waals surface area contributed by atoms with Crippen LogP contribution < -0.4 is 0 Å². The second kappa shape index (κ2) is 6.27. The van der Waals surface area contributed by atoms with E-state index in [1.807, 2.05) is 13.8 Å². The van der Waals surface area contributed by atoms with Gasteiger partial charge in [0.25, 0.3) is 0 Å². The van der Waals surface area contributed by atoms with E-state index in [9.17, 15) is 14.0 Å². The Kier molecular flexibility index (Phi) is 4.65. The number of hydrogen-bond donors (Lipinski definition) is 0. The van der Waals surface area contributed by atoms with Gasteiger partial charge in [-0.3, -0.25) is 14.5 Å². The number of Topliss-reactive ketones (excluding diaryl/α,β-unsaturated/α-hetero) is 2. The smallest absolute Gasteiger partial charge is 0.179 e. The molecule has 108 valence electrons. The molecule has 2 rings (SSSR count). The van der Waals surface area contributed by atoms with Gasteiger partial charge in [-0.1, -0.05) is 6.92 Å². The molecule has 1 saturated heterocycles.